The molecular weight excluding hydrogens is 326 g/mol. The molecule has 1 aromatic carbocycles. The van der Waals surface area contributed by atoms with Crippen molar-refractivity contribution in [3.63, 3.8) is 0 Å². The summed E-state index contributed by atoms with van der Waals surface area (Å²) in [6, 6.07) is 13.8. The Kier molecular flexibility index (Phi) is 4.53. The van der Waals surface area contributed by atoms with Crippen molar-refractivity contribution in [1.82, 2.24) is 9.88 Å². The summed E-state index contributed by atoms with van der Waals surface area (Å²) in [5.41, 5.74) is 1.65. The van der Waals surface area contributed by atoms with Gasteiger partial charge in [-0.15, -0.1) is 0 Å². The van der Waals surface area contributed by atoms with Crippen LogP contribution in [0.2, 0.25) is 0 Å². The van der Waals surface area contributed by atoms with Gasteiger partial charge in [0.25, 0.3) is 0 Å². The molecule has 2 saturated heterocycles. The number of aryl methyl sites for hydroxylation is 1. The molecule has 5 nitrogen and oxygen atoms in total. The van der Waals surface area contributed by atoms with Crippen molar-refractivity contribution in [2.24, 2.45) is 5.41 Å². The number of hydrogen-bond donors (Lipinski definition) is 1. The van der Waals surface area contributed by atoms with Crippen LogP contribution in [0.3, 0.4) is 0 Å². The van der Waals surface area contributed by atoms with Gasteiger partial charge in [-0.2, -0.15) is 0 Å². The standard InChI is InChI=1S/C21H25N3O2/c25-19(10-9-17-6-4-13-22-17)23-14-5-11-21(16-23)12-15-24(20(21)26)18-7-2-1-3-8-18/h1-4,6-8,13,22H,5,9-12,14-16H2. The predicted octanol–water partition coefficient (Wildman–Crippen LogP) is 2.99. The third-order valence-electron chi connectivity index (χ3n) is 5.78. The minimum Gasteiger partial charge on any atom is -0.365 e. The lowest BCUT2D eigenvalue weighted by molar-refractivity contribution is -0.138. The Hall–Kier alpha value is -2.56. The predicted molar refractivity (Wildman–Crippen MR) is 101 cm³/mol. The molecule has 1 unspecified atom stereocenters. The highest BCUT2D eigenvalue weighted by molar-refractivity contribution is 6.00. The molecule has 0 radical (unpaired) electrons. The Labute approximate surface area is 154 Å². The molecule has 2 aliphatic heterocycles. The fourth-order valence-corrected chi connectivity index (χ4v) is 4.32. The maximum Gasteiger partial charge on any atom is 0.235 e. The molecule has 5 heteroatoms. The van der Waals surface area contributed by atoms with E-state index in [1.807, 2.05) is 58.5 Å². The molecule has 2 fully saturated rings. The number of anilines is 1. The Balaban J connectivity index is 1.43. The van der Waals surface area contributed by atoms with E-state index in [4.69, 9.17) is 0 Å². The monoisotopic (exact) mass is 351 g/mol. The molecule has 4 rings (SSSR count). The van der Waals surface area contributed by atoms with Gasteiger partial charge in [-0.25, -0.2) is 0 Å². The quantitative estimate of drug-likeness (QED) is 0.921. The van der Waals surface area contributed by atoms with Gasteiger partial charge in [0, 0.05) is 43.6 Å². The first-order chi connectivity index (χ1) is 12.7. The molecule has 1 atom stereocenters. The fraction of sp³-hybridized carbons (Fsp3) is 0.429. The average Bonchev–Trinajstić information content (AvgIpc) is 3.30. The van der Waals surface area contributed by atoms with Crippen LogP contribution in [0.15, 0.2) is 48.7 Å². The van der Waals surface area contributed by atoms with Gasteiger partial charge >= 0.3 is 0 Å². The summed E-state index contributed by atoms with van der Waals surface area (Å²) in [7, 11) is 0. The Morgan fingerprint density at radius 3 is 2.69 bits per heavy atom. The second kappa shape index (κ2) is 6.98. The van der Waals surface area contributed by atoms with Crippen LogP contribution in [0.25, 0.3) is 0 Å². The first-order valence-corrected chi connectivity index (χ1v) is 9.45. The van der Waals surface area contributed by atoms with E-state index in [0.29, 0.717) is 13.0 Å². The highest BCUT2D eigenvalue weighted by atomic mass is 16.2. The minimum atomic E-state index is -0.393. The summed E-state index contributed by atoms with van der Waals surface area (Å²) >= 11 is 0. The van der Waals surface area contributed by atoms with Crippen molar-refractivity contribution in [3.8, 4) is 0 Å². The lowest BCUT2D eigenvalue weighted by Gasteiger charge is -2.39. The number of amides is 2. The van der Waals surface area contributed by atoms with Crippen molar-refractivity contribution in [3.05, 3.63) is 54.4 Å². The van der Waals surface area contributed by atoms with E-state index in [1.165, 1.54) is 0 Å². The summed E-state index contributed by atoms with van der Waals surface area (Å²) < 4.78 is 0. The number of H-pyrrole nitrogens is 1. The highest BCUT2D eigenvalue weighted by Crippen LogP contribution is 2.41. The van der Waals surface area contributed by atoms with E-state index in [0.717, 1.165) is 50.2 Å². The van der Waals surface area contributed by atoms with Crippen LogP contribution in [-0.2, 0) is 16.0 Å². The SMILES string of the molecule is O=C(CCc1ccc[nH]1)N1CCCC2(CCN(c3ccccc3)C2=O)C1. The van der Waals surface area contributed by atoms with Crippen molar-refractivity contribution >= 4 is 17.5 Å². The zero-order valence-corrected chi connectivity index (χ0v) is 15.0. The second-order valence-corrected chi connectivity index (χ2v) is 7.44. The number of nitrogens with one attached hydrogen (secondary N) is 1. The van der Waals surface area contributed by atoms with Gasteiger partial charge in [0.2, 0.25) is 11.8 Å². The van der Waals surface area contributed by atoms with Gasteiger partial charge in [0.1, 0.15) is 0 Å². The zero-order chi connectivity index (χ0) is 18.0. The van der Waals surface area contributed by atoms with E-state index in [2.05, 4.69) is 4.98 Å². The molecule has 2 amide bonds. The second-order valence-electron chi connectivity index (χ2n) is 7.44. The molecule has 0 aliphatic carbocycles. The molecule has 136 valence electrons. The van der Waals surface area contributed by atoms with Gasteiger partial charge < -0.3 is 14.8 Å². The highest BCUT2D eigenvalue weighted by Gasteiger charge is 2.49. The van der Waals surface area contributed by atoms with Crippen LogP contribution in [0.4, 0.5) is 5.69 Å². The molecule has 3 heterocycles. The Bertz CT molecular complexity index is 772. The maximum absolute atomic E-state index is 13.2. The average molecular weight is 351 g/mol. The summed E-state index contributed by atoms with van der Waals surface area (Å²) in [4.78, 5) is 32.8. The molecular formula is C21H25N3O2. The van der Waals surface area contributed by atoms with Gasteiger partial charge in [0.15, 0.2) is 0 Å². The lowest BCUT2D eigenvalue weighted by atomic mass is 9.78. The topological polar surface area (TPSA) is 56.4 Å². The van der Waals surface area contributed by atoms with Crippen LogP contribution in [-0.4, -0.2) is 41.3 Å². The van der Waals surface area contributed by atoms with Crippen LogP contribution >= 0.6 is 0 Å². The van der Waals surface area contributed by atoms with Crippen molar-refractivity contribution in [2.75, 3.05) is 24.5 Å². The Morgan fingerprint density at radius 2 is 1.92 bits per heavy atom. The number of nitrogens with zero attached hydrogens (tertiary/aromatic N) is 2. The number of piperidine rings is 1. The van der Waals surface area contributed by atoms with Crippen molar-refractivity contribution in [1.29, 1.82) is 0 Å². The number of aromatic nitrogens is 1. The maximum atomic E-state index is 13.2. The first kappa shape index (κ1) is 16.9. The van der Waals surface area contributed by atoms with Crippen molar-refractivity contribution in [2.45, 2.75) is 32.1 Å². The summed E-state index contributed by atoms with van der Waals surface area (Å²) in [6.07, 6.45) is 5.72. The minimum absolute atomic E-state index is 0.157. The van der Waals surface area contributed by atoms with Gasteiger partial charge in [0.05, 0.1) is 5.41 Å². The number of carbonyl (C=O) groups excluding carboxylic acids is 2. The number of para-hydroxylation sites is 1. The summed E-state index contributed by atoms with van der Waals surface area (Å²) in [5, 5.41) is 0. The van der Waals surface area contributed by atoms with Gasteiger partial charge in [-0.05, 0) is 49.9 Å². The van der Waals surface area contributed by atoms with Gasteiger partial charge in [-0.1, -0.05) is 18.2 Å². The third kappa shape index (κ3) is 3.14. The van der Waals surface area contributed by atoms with E-state index in [-0.39, 0.29) is 11.8 Å². The number of carbonyl (C=O) groups is 2. The molecule has 1 N–H and O–H groups in total. The van der Waals surface area contributed by atoms with E-state index in [1.54, 1.807) is 0 Å². The van der Waals surface area contributed by atoms with Crippen LogP contribution in [0, 0.1) is 5.41 Å². The first-order valence-electron chi connectivity index (χ1n) is 9.45. The fourth-order valence-electron chi connectivity index (χ4n) is 4.32. The number of likely N-dealkylation sites (tertiary alicyclic amines) is 1. The normalized spacial score (nSPS) is 23.0. The Morgan fingerprint density at radius 1 is 1.08 bits per heavy atom. The van der Waals surface area contributed by atoms with Crippen LogP contribution in [0.1, 0.15) is 31.4 Å². The summed E-state index contributed by atoms with van der Waals surface area (Å²) in [6.45, 7) is 2.08. The number of aromatic amines is 1. The lowest BCUT2D eigenvalue weighted by Crippen LogP contribution is -2.50. The van der Waals surface area contributed by atoms with Crippen LogP contribution in [0.5, 0.6) is 0 Å². The van der Waals surface area contributed by atoms with Crippen molar-refractivity contribution < 1.29 is 9.59 Å². The molecule has 26 heavy (non-hydrogen) atoms. The number of hydrogen-bond acceptors (Lipinski definition) is 2. The zero-order valence-electron chi connectivity index (χ0n) is 15.0. The molecule has 2 aromatic rings. The molecule has 1 aromatic heterocycles. The third-order valence-corrected chi connectivity index (χ3v) is 5.78. The summed E-state index contributed by atoms with van der Waals surface area (Å²) in [5.74, 6) is 0.343. The molecule has 2 aliphatic rings. The molecule has 0 saturated carbocycles. The van der Waals surface area contributed by atoms with E-state index < -0.39 is 5.41 Å². The smallest absolute Gasteiger partial charge is 0.235 e. The number of rotatable bonds is 4. The number of benzene rings is 1. The van der Waals surface area contributed by atoms with E-state index in [9.17, 15) is 9.59 Å². The molecule has 0 bridgehead atoms. The van der Waals surface area contributed by atoms with E-state index >= 15 is 0 Å². The van der Waals surface area contributed by atoms with Gasteiger partial charge in [-0.3, -0.25) is 9.59 Å². The van der Waals surface area contributed by atoms with Crippen LogP contribution < -0.4 is 4.90 Å². The molecule has 1 spiro atoms. The largest absolute Gasteiger partial charge is 0.365 e.